The highest BCUT2D eigenvalue weighted by molar-refractivity contribution is 7.89. The molecule has 1 amide bonds. The number of hydrogen-bond donors (Lipinski definition) is 1. The minimum atomic E-state index is -3.79. The van der Waals surface area contributed by atoms with E-state index >= 15 is 0 Å². The fourth-order valence-electron chi connectivity index (χ4n) is 3.45. The summed E-state index contributed by atoms with van der Waals surface area (Å²) in [6, 6.07) is 4.09. The van der Waals surface area contributed by atoms with Gasteiger partial charge in [0.25, 0.3) is 5.69 Å². The summed E-state index contributed by atoms with van der Waals surface area (Å²) in [4.78, 5) is 24.3. The van der Waals surface area contributed by atoms with Crippen molar-refractivity contribution in [1.82, 2.24) is 9.62 Å². The van der Waals surface area contributed by atoms with Crippen LogP contribution in [0.5, 0.6) is 0 Å². The molecule has 1 aromatic carbocycles. The maximum Gasteiger partial charge on any atom is 0.293 e. The molecule has 2 fully saturated rings. The van der Waals surface area contributed by atoms with Gasteiger partial charge in [-0.15, -0.1) is 0 Å². The van der Waals surface area contributed by atoms with E-state index in [0.717, 1.165) is 31.7 Å². The van der Waals surface area contributed by atoms with E-state index in [1.54, 1.807) is 7.05 Å². The van der Waals surface area contributed by atoms with Crippen molar-refractivity contribution in [2.75, 3.05) is 31.6 Å². The third-order valence-electron chi connectivity index (χ3n) is 5.14. The van der Waals surface area contributed by atoms with Gasteiger partial charge in [-0.25, -0.2) is 8.42 Å². The van der Waals surface area contributed by atoms with Crippen molar-refractivity contribution in [1.29, 1.82) is 0 Å². The molecule has 0 aromatic heterocycles. The number of nitro benzene ring substituents is 1. The van der Waals surface area contributed by atoms with Gasteiger partial charge in [-0.2, -0.15) is 4.31 Å². The molecule has 2 aliphatic rings. The van der Waals surface area contributed by atoms with E-state index in [9.17, 15) is 23.3 Å². The van der Waals surface area contributed by atoms with Gasteiger partial charge in [0, 0.05) is 32.2 Å². The van der Waals surface area contributed by atoms with Gasteiger partial charge in [-0.1, -0.05) is 6.92 Å². The van der Waals surface area contributed by atoms with E-state index in [1.165, 1.54) is 21.3 Å². The molecule has 28 heavy (non-hydrogen) atoms. The predicted octanol–water partition coefficient (Wildman–Crippen LogP) is 1.73. The first-order valence-electron chi connectivity index (χ1n) is 9.47. The quantitative estimate of drug-likeness (QED) is 0.541. The normalized spacial score (nSPS) is 20.6. The first-order chi connectivity index (χ1) is 13.2. The maximum absolute atomic E-state index is 12.9. The monoisotopic (exact) mass is 410 g/mol. The van der Waals surface area contributed by atoms with Crippen molar-refractivity contribution in [3.05, 3.63) is 28.3 Å². The molecular weight excluding hydrogens is 384 g/mol. The number of amides is 1. The molecule has 1 N–H and O–H groups in total. The van der Waals surface area contributed by atoms with Crippen LogP contribution < -0.4 is 10.2 Å². The molecule has 0 spiro atoms. The summed E-state index contributed by atoms with van der Waals surface area (Å²) in [5.41, 5.74) is -0.116. The summed E-state index contributed by atoms with van der Waals surface area (Å²) in [7, 11) is -2.21. The highest BCUT2D eigenvalue weighted by Gasteiger charge is 2.31. The smallest absolute Gasteiger partial charge is 0.293 e. The molecule has 1 aromatic rings. The maximum atomic E-state index is 12.9. The van der Waals surface area contributed by atoms with Gasteiger partial charge in [0.05, 0.1) is 16.4 Å². The number of likely N-dealkylation sites (N-methyl/N-ethyl adjacent to an activating group) is 1. The second kappa shape index (κ2) is 8.04. The summed E-state index contributed by atoms with van der Waals surface area (Å²) in [6.45, 7) is 2.80. The van der Waals surface area contributed by atoms with Gasteiger partial charge in [0.2, 0.25) is 15.9 Å². The van der Waals surface area contributed by atoms with Crippen LogP contribution in [0.15, 0.2) is 23.1 Å². The Morgan fingerprint density at radius 1 is 1.36 bits per heavy atom. The number of anilines is 1. The minimum Gasteiger partial charge on any atom is -0.360 e. The Labute approximate surface area is 164 Å². The zero-order valence-corrected chi connectivity index (χ0v) is 16.9. The SMILES string of the molecule is CC1CCCN(S(=O)(=O)c2ccc(N(C)CC(=O)NC3CC3)c([N+](=O)[O-])c2)C1. The fourth-order valence-corrected chi connectivity index (χ4v) is 5.07. The van der Waals surface area contributed by atoms with Crippen molar-refractivity contribution in [3.63, 3.8) is 0 Å². The van der Waals surface area contributed by atoms with Gasteiger partial charge in [-0.05, 0) is 43.7 Å². The largest absolute Gasteiger partial charge is 0.360 e. The molecule has 3 rings (SSSR count). The number of nitro groups is 1. The number of sulfonamides is 1. The zero-order valence-electron chi connectivity index (χ0n) is 16.1. The van der Waals surface area contributed by atoms with E-state index in [0.29, 0.717) is 13.1 Å². The van der Waals surface area contributed by atoms with E-state index in [1.807, 2.05) is 6.92 Å². The number of hydrogen-bond acceptors (Lipinski definition) is 6. The minimum absolute atomic E-state index is 0.0346. The Morgan fingerprint density at radius 3 is 2.68 bits per heavy atom. The number of nitrogens with zero attached hydrogens (tertiary/aromatic N) is 3. The molecular formula is C18H26N4O5S. The second-order valence-corrected chi connectivity index (χ2v) is 9.65. The van der Waals surface area contributed by atoms with Crippen molar-refractivity contribution in [3.8, 4) is 0 Å². The molecule has 10 heteroatoms. The van der Waals surface area contributed by atoms with E-state index in [4.69, 9.17) is 0 Å². The van der Waals surface area contributed by atoms with Crippen LogP contribution >= 0.6 is 0 Å². The molecule has 1 saturated heterocycles. The summed E-state index contributed by atoms with van der Waals surface area (Å²) < 4.78 is 27.2. The first kappa shape index (κ1) is 20.5. The molecule has 1 atom stereocenters. The number of carbonyl (C=O) groups excluding carboxylic acids is 1. The van der Waals surface area contributed by atoms with E-state index in [2.05, 4.69) is 5.32 Å². The van der Waals surface area contributed by atoms with Crippen LogP contribution in [-0.4, -0.2) is 56.3 Å². The van der Waals surface area contributed by atoms with Crippen molar-refractivity contribution in [2.45, 2.75) is 43.5 Å². The third kappa shape index (κ3) is 4.61. The molecule has 1 heterocycles. The van der Waals surface area contributed by atoms with Gasteiger partial charge in [0.15, 0.2) is 0 Å². The molecule has 1 aliphatic carbocycles. The van der Waals surface area contributed by atoms with Crippen LogP contribution in [-0.2, 0) is 14.8 Å². The summed E-state index contributed by atoms with van der Waals surface area (Å²) in [6.07, 6.45) is 3.66. The Morgan fingerprint density at radius 2 is 2.07 bits per heavy atom. The summed E-state index contributed by atoms with van der Waals surface area (Å²) in [5, 5.41) is 14.4. The third-order valence-corrected chi connectivity index (χ3v) is 7.00. The number of nitrogens with one attached hydrogen (secondary N) is 1. The lowest BCUT2D eigenvalue weighted by molar-refractivity contribution is -0.384. The molecule has 154 valence electrons. The lowest BCUT2D eigenvalue weighted by atomic mass is 10.0. The Bertz CT molecular complexity index is 869. The summed E-state index contributed by atoms with van der Waals surface area (Å²) >= 11 is 0. The molecule has 1 aliphatic heterocycles. The van der Waals surface area contributed by atoms with Crippen molar-refractivity contribution < 1.29 is 18.1 Å². The van der Waals surface area contributed by atoms with Crippen molar-refractivity contribution in [2.24, 2.45) is 5.92 Å². The predicted molar refractivity (Wildman–Crippen MR) is 105 cm³/mol. The number of benzene rings is 1. The Balaban J connectivity index is 1.83. The molecule has 1 saturated carbocycles. The standard InChI is InChI=1S/C18H26N4O5S/c1-13-4-3-9-21(11-13)28(26,27)15-7-8-16(17(10-15)22(24)25)20(2)12-18(23)19-14-5-6-14/h7-8,10,13-14H,3-6,9,11-12H2,1-2H3,(H,19,23). The van der Waals surface area contributed by atoms with Crippen LogP contribution in [0.4, 0.5) is 11.4 Å². The number of rotatable bonds is 7. The zero-order chi connectivity index (χ0) is 20.5. The molecule has 0 bridgehead atoms. The van der Waals surface area contributed by atoms with Gasteiger partial charge >= 0.3 is 0 Å². The van der Waals surface area contributed by atoms with Crippen LogP contribution in [0.25, 0.3) is 0 Å². The molecule has 1 unspecified atom stereocenters. The van der Waals surface area contributed by atoms with Crippen LogP contribution in [0.2, 0.25) is 0 Å². The average molecular weight is 410 g/mol. The van der Waals surface area contributed by atoms with E-state index in [-0.39, 0.29) is 40.7 Å². The Hall–Kier alpha value is -2.20. The van der Waals surface area contributed by atoms with Crippen LogP contribution in [0.3, 0.4) is 0 Å². The van der Waals surface area contributed by atoms with Gasteiger partial charge in [0.1, 0.15) is 5.69 Å². The Kier molecular flexibility index (Phi) is 5.90. The molecule has 9 nitrogen and oxygen atoms in total. The second-order valence-electron chi connectivity index (χ2n) is 7.72. The fraction of sp³-hybridized carbons (Fsp3) is 0.611. The highest BCUT2D eigenvalue weighted by Crippen LogP contribution is 2.32. The summed E-state index contributed by atoms with van der Waals surface area (Å²) in [5.74, 6) is 0.0483. The topological polar surface area (TPSA) is 113 Å². The number of carbonyl (C=O) groups is 1. The highest BCUT2D eigenvalue weighted by atomic mass is 32.2. The van der Waals surface area contributed by atoms with Crippen LogP contribution in [0.1, 0.15) is 32.6 Å². The van der Waals surface area contributed by atoms with Crippen LogP contribution in [0, 0.1) is 16.0 Å². The lowest BCUT2D eigenvalue weighted by Crippen LogP contribution is -2.39. The molecule has 0 radical (unpaired) electrons. The van der Waals surface area contributed by atoms with E-state index < -0.39 is 14.9 Å². The van der Waals surface area contributed by atoms with Gasteiger partial charge in [-0.3, -0.25) is 14.9 Å². The van der Waals surface area contributed by atoms with Crippen molar-refractivity contribution >= 4 is 27.3 Å². The van der Waals surface area contributed by atoms with Gasteiger partial charge < -0.3 is 10.2 Å². The lowest BCUT2D eigenvalue weighted by Gasteiger charge is -2.30. The average Bonchev–Trinajstić information content (AvgIpc) is 3.44. The number of piperidine rings is 1. The first-order valence-corrected chi connectivity index (χ1v) is 10.9.